The van der Waals surface area contributed by atoms with E-state index in [4.69, 9.17) is 9.47 Å². The molecule has 0 N–H and O–H groups in total. The topological polar surface area (TPSA) is 35.5 Å². The molecule has 1 aromatic carbocycles. The van der Waals surface area contributed by atoms with E-state index in [-0.39, 0.29) is 11.9 Å². The highest BCUT2D eigenvalue weighted by Crippen LogP contribution is 2.21. The second-order valence-corrected chi connectivity index (χ2v) is 3.91. The molecule has 0 spiro atoms. The lowest BCUT2D eigenvalue weighted by Crippen LogP contribution is -2.17. The van der Waals surface area contributed by atoms with E-state index < -0.39 is 0 Å². The number of carbonyl (C=O) groups excluding carboxylic acids is 1. The monoisotopic (exact) mass is 222 g/mol. The van der Waals surface area contributed by atoms with E-state index in [1.54, 1.807) is 13.2 Å². The molecule has 0 bridgehead atoms. The van der Waals surface area contributed by atoms with Gasteiger partial charge in [0.05, 0.1) is 11.7 Å². The van der Waals surface area contributed by atoms with Crippen LogP contribution in [-0.4, -0.2) is 25.6 Å². The molecule has 3 nitrogen and oxygen atoms in total. The molecule has 0 radical (unpaired) electrons. The van der Waals surface area contributed by atoms with Gasteiger partial charge < -0.3 is 9.47 Å². The molecular weight excluding hydrogens is 204 g/mol. The summed E-state index contributed by atoms with van der Waals surface area (Å²) >= 11 is 0. The number of carbonyl (C=O) groups is 1. The van der Waals surface area contributed by atoms with Crippen molar-refractivity contribution in [1.29, 1.82) is 0 Å². The third-order valence-corrected chi connectivity index (χ3v) is 2.39. The normalized spacial score (nSPS) is 12.2. The van der Waals surface area contributed by atoms with E-state index in [0.717, 1.165) is 5.56 Å². The van der Waals surface area contributed by atoms with Crippen LogP contribution in [0.5, 0.6) is 5.75 Å². The molecule has 0 aromatic heterocycles. The Morgan fingerprint density at radius 1 is 1.44 bits per heavy atom. The molecule has 0 saturated carbocycles. The van der Waals surface area contributed by atoms with E-state index >= 15 is 0 Å². The fraction of sp³-hybridized carbons (Fsp3) is 0.462. The Morgan fingerprint density at radius 3 is 2.69 bits per heavy atom. The van der Waals surface area contributed by atoms with Gasteiger partial charge in [0, 0.05) is 7.11 Å². The summed E-state index contributed by atoms with van der Waals surface area (Å²) < 4.78 is 10.7. The summed E-state index contributed by atoms with van der Waals surface area (Å²) in [6, 6.07) is 5.58. The highest BCUT2D eigenvalue weighted by atomic mass is 16.5. The van der Waals surface area contributed by atoms with E-state index in [2.05, 4.69) is 0 Å². The average molecular weight is 222 g/mol. The van der Waals surface area contributed by atoms with Crippen LogP contribution in [0.15, 0.2) is 18.2 Å². The largest absolute Gasteiger partial charge is 0.490 e. The minimum atomic E-state index is 0.0140. The standard InChI is InChI=1S/C13H18O3/c1-9-5-6-12(11(3)14)13(7-9)16-8-10(2)15-4/h5-7,10H,8H2,1-4H3. The molecule has 1 aromatic rings. The molecule has 0 aliphatic heterocycles. The van der Waals surface area contributed by atoms with Gasteiger partial charge in [-0.25, -0.2) is 0 Å². The van der Waals surface area contributed by atoms with Gasteiger partial charge in [-0.15, -0.1) is 0 Å². The minimum Gasteiger partial charge on any atom is -0.490 e. The Labute approximate surface area is 96.4 Å². The zero-order valence-corrected chi connectivity index (χ0v) is 10.2. The molecule has 0 aliphatic carbocycles. The molecule has 0 saturated heterocycles. The Kier molecular flexibility index (Phi) is 4.50. The second kappa shape index (κ2) is 5.66. The Balaban J connectivity index is 2.84. The van der Waals surface area contributed by atoms with Crippen LogP contribution in [0.2, 0.25) is 0 Å². The molecule has 3 heteroatoms. The van der Waals surface area contributed by atoms with Crippen molar-refractivity contribution >= 4 is 5.78 Å². The summed E-state index contributed by atoms with van der Waals surface area (Å²) in [6.45, 7) is 5.87. The van der Waals surface area contributed by atoms with Gasteiger partial charge in [0.2, 0.25) is 0 Å². The molecular formula is C13H18O3. The molecule has 1 rings (SSSR count). The van der Waals surface area contributed by atoms with Crippen molar-refractivity contribution < 1.29 is 14.3 Å². The maximum absolute atomic E-state index is 11.4. The lowest BCUT2D eigenvalue weighted by Gasteiger charge is -2.14. The van der Waals surface area contributed by atoms with E-state index in [1.807, 2.05) is 26.0 Å². The predicted molar refractivity (Wildman–Crippen MR) is 63.1 cm³/mol. The van der Waals surface area contributed by atoms with Gasteiger partial charge in [0.25, 0.3) is 0 Å². The highest BCUT2D eigenvalue weighted by molar-refractivity contribution is 5.96. The zero-order chi connectivity index (χ0) is 12.1. The number of aryl methyl sites for hydroxylation is 1. The van der Waals surface area contributed by atoms with Crippen LogP contribution in [0.3, 0.4) is 0 Å². The number of hydrogen-bond donors (Lipinski definition) is 0. The number of Topliss-reactive ketones (excluding diaryl/α,β-unsaturated/α-hetero) is 1. The summed E-state index contributed by atoms with van der Waals surface area (Å²) in [6.07, 6.45) is 0.0142. The van der Waals surface area contributed by atoms with Crippen LogP contribution in [0.4, 0.5) is 0 Å². The number of rotatable bonds is 5. The van der Waals surface area contributed by atoms with Crippen LogP contribution < -0.4 is 4.74 Å². The van der Waals surface area contributed by atoms with Crippen LogP contribution >= 0.6 is 0 Å². The first kappa shape index (κ1) is 12.7. The molecule has 1 atom stereocenters. The van der Waals surface area contributed by atoms with Crippen LogP contribution in [0.25, 0.3) is 0 Å². The maximum atomic E-state index is 11.4. The van der Waals surface area contributed by atoms with Gasteiger partial charge >= 0.3 is 0 Å². The molecule has 0 fully saturated rings. The molecule has 88 valence electrons. The summed E-state index contributed by atoms with van der Waals surface area (Å²) in [4.78, 5) is 11.4. The van der Waals surface area contributed by atoms with Gasteiger partial charge in [-0.05, 0) is 38.5 Å². The summed E-state index contributed by atoms with van der Waals surface area (Å²) in [5, 5.41) is 0. The SMILES string of the molecule is COC(C)COc1cc(C)ccc1C(C)=O. The number of ketones is 1. The van der Waals surface area contributed by atoms with Crippen molar-refractivity contribution in [2.24, 2.45) is 0 Å². The second-order valence-electron chi connectivity index (χ2n) is 3.91. The van der Waals surface area contributed by atoms with Gasteiger partial charge in [-0.2, -0.15) is 0 Å². The van der Waals surface area contributed by atoms with E-state index in [1.165, 1.54) is 6.92 Å². The quantitative estimate of drug-likeness (QED) is 0.718. The van der Waals surface area contributed by atoms with Crippen molar-refractivity contribution in [3.63, 3.8) is 0 Å². The highest BCUT2D eigenvalue weighted by Gasteiger charge is 2.09. The van der Waals surface area contributed by atoms with Crippen LogP contribution in [0, 0.1) is 6.92 Å². The predicted octanol–water partition coefficient (Wildman–Crippen LogP) is 2.61. The fourth-order valence-corrected chi connectivity index (χ4v) is 1.31. The van der Waals surface area contributed by atoms with Crippen molar-refractivity contribution in [3.05, 3.63) is 29.3 Å². The summed E-state index contributed by atoms with van der Waals surface area (Å²) in [5.74, 6) is 0.650. The lowest BCUT2D eigenvalue weighted by molar-refractivity contribution is 0.0708. The first-order valence-electron chi connectivity index (χ1n) is 5.31. The number of benzene rings is 1. The van der Waals surface area contributed by atoms with Crippen molar-refractivity contribution in [3.8, 4) is 5.75 Å². The number of ether oxygens (including phenoxy) is 2. The van der Waals surface area contributed by atoms with Gasteiger partial charge in [0.1, 0.15) is 12.4 Å². The summed E-state index contributed by atoms with van der Waals surface area (Å²) in [7, 11) is 1.64. The van der Waals surface area contributed by atoms with Gasteiger partial charge in [-0.1, -0.05) is 6.07 Å². The molecule has 16 heavy (non-hydrogen) atoms. The Hall–Kier alpha value is -1.35. The van der Waals surface area contributed by atoms with Gasteiger partial charge in [-0.3, -0.25) is 4.79 Å². The van der Waals surface area contributed by atoms with Crippen molar-refractivity contribution in [2.75, 3.05) is 13.7 Å². The number of methoxy groups -OCH3 is 1. The molecule has 0 aliphatic rings. The maximum Gasteiger partial charge on any atom is 0.163 e. The Morgan fingerprint density at radius 2 is 2.12 bits per heavy atom. The molecule has 0 heterocycles. The fourth-order valence-electron chi connectivity index (χ4n) is 1.31. The smallest absolute Gasteiger partial charge is 0.163 e. The average Bonchev–Trinajstić information content (AvgIpc) is 2.25. The molecule has 0 amide bonds. The van der Waals surface area contributed by atoms with E-state index in [9.17, 15) is 4.79 Å². The van der Waals surface area contributed by atoms with Crippen LogP contribution in [-0.2, 0) is 4.74 Å². The van der Waals surface area contributed by atoms with Gasteiger partial charge in [0.15, 0.2) is 5.78 Å². The molecule has 1 unspecified atom stereocenters. The van der Waals surface area contributed by atoms with Crippen molar-refractivity contribution in [2.45, 2.75) is 26.9 Å². The first-order chi connectivity index (χ1) is 7.54. The first-order valence-corrected chi connectivity index (χ1v) is 5.31. The summed E-state index contributed by atoms with van der Waals surface area (Å²) in [5.41, 5.74) is 1.69. The third kappa shape index (κ3) is 3.35. The van der Waals surface area contributed by atoms with E-state index in [0.29, 0.717) is 17.9 Å². The minimum absolute atomic E-state index is 0.0140. The number of hydrogen-bond acceptors (Lipinski definition) is 3. The van der Waals surface area contributed by atoms with Crippen LogP contribution in [0.1, 0.15) is 29.8 Å². The Bertz CT molecular complexity index is 371. The zero-order valence-electron chi connectivity index (χ0n) is 10.2. The lowest BCUT2D eigenvalue weighted by atomic mass is 10.1. The third-order valence-electron chi connectivity index (χ3n) is 2.39. The van der Waals surface area contributed by atoms with Crippen molar-refractivity contribution in [1.82, 2.24) is 0 Å².